The van der Waals surface area contributed by atoms with Crippen molar-refractivity contribution in [3.63, 3.8) is 0 Å². The molecule has 0 aliphatic rings. The van der Waals surface area contributed by atoms with Crippen molar-refractivity contribution in [2.45, 2.75) is 26.7 Å². The molecular weight excluding hydrogens is 248 g/mol. The number of anilines is 2. The molecule has 0 fully saturated rings. The Balaban J connectivity index is 2.94. The highest BCUT2D eigenvalue weighted by Gasteiger charge is 2.11. The lowest BCUT2D eigenvalue weighted by Crippen LogP contribution is -2.14. The Bertz CT molecular complexity index is 434. The molecule has 0 bridgehead atoms. The van der Waals surface area contributed by atoms with Gasteiger partial charge in [-0.05, 0) is 6.92 Å². The molecule has 1 heterocycles. The van der Waals surface area contributed by atoms with E-state index in [9.17, 15) is 4.21 Å². The molecule has 1 atom stereocenters. The number of hydrogen-bond donors (Lipinski definition) is 2. The fourth-order valence-electron chi connectivity index (χ4n) is 1.52. The van der Waals surface area contributed by atoms with Crippen molar-refractivity contribution < 1.29 is 4.21 Å². The standard InChI is InChI=1S/C12H22N4OS/c1-8(2)10-15-11(13-4)9(3)12(16-10)14-6-7-18(5)17/h8H,6-7H2,1-5H3,(H2,13,14,15,16). The summed E-state index contributed by atoms with van der Waals surface area (Å²) in [5.41, 5.74) is 0.990. The van der Waals surface area contributed by atoms with Crippen molar-refractivity contribution in [1.82, 2.24) is 9.97 Å². The van der Waals surface area contributed by atoms with Gasteiger partial charge in [0, 0.05) is 47.9 Å². The third-order valence-corrected chi connectivity index (χ3v) is 3.38. The molecule has 0 spiro atoms. The molecule has 0 saturated carbocycles. The van der Waals surface area contributed by atoms with E-state index in [1.165, 1.54) is 0 Å². The van der Waals surface area contributed by atoms with Crippen LogP contribution in [0.25, 0.3) is 0 Å². The third kappa shape index (κ3) is 3.94. The SMILES string of the molecule is CNc1nc(C(C)C)nc(NCCS(C)=O)c1C. The van der Waals surface area contributed by atoms with Crippen LogP contribution in [-0.2, 0) is 10.8 Å². The molecule has 2 N–H and O–H groups in total. The van der Waals surface area contributed by atoms with Crippen LogP contribution in [-0.4, -0.2) is 39.8 Å². The zero-order chi connectivity index (χ0) is 13.7. The Labute approximate surface area is 111 Å². The zero-order valence-corrected chi connectivity index (χ0v) is 12.5. The first-order chi connectivity index (χ1) is 8.45. The highest BCUT2D eigenvalue weighted by atomic mass is 32.2. The molecule has 0 aliphatic heterocycles. The van der Waals surface area contributed by atoms with Crippen LogP contribution < -0.4 is 10.6 Å². The minimum Gasteiger partial charge on any atom is -0.373 e. The first-order valence-corrected chi connectivity index (χ1v) is 7.78. The van der Waals surface area contributed by atoms with Crippen molar-refractivity contribution in [3.05, 3.63) is 11.4 Å². The monoisotopic (exact) mass is 270 g/mol. The second kappa shape index (κ2) is 6.68. The number of nitrogens with zero attached hydrogens (tertiary/aromatic N) is 2. The van der Waals surface area contributed by atoms with Gasteiger partial charge in [-0.3, -0.25) is 4.21 Å². The zero-order valence-electron chi connectivity index (χ0n) is 11.7. The lowest BCUT2D eigenvalue weighted by Gasteiger charge is -2.14. The van der Waals surface area contributed by atoms with E-state index in [1.807, 2.05) is 14.0 Å². The molecule has 0 radical (unpaired) electrons. The fourth-order valence-corrected chi connectivity index (χ4v) is 1.91. The van der Waals surface area contributed by atoms with Crippen LogP contribution in [0.4, 0.5) is 11.6 Å². The Morgan fingerprint density at radius 1 is 1.28 bits per heavy atom. The van der Waals surface area contributed by atoms with Crippen LogP contribution in [0, 0.1) is 6.92 Å². The molecule has 0 saturated heterocycles. The van der Waals surface area contributed by atoms with Crippen LogP contribution in [0.15, 0.2) is 0 Å². The Kier molecular flexibility index (Phi) is 5.53. The lowest BCUT2D eigenvalue weighted by atomic mass is 10.2. The highest BCUT2D eigenvalue weighted by Crippen LogP contribution is 2.22. The molecule has 1 aromatic heterocycles. The van der Waals surface area contributed by atoms with Crippen molar-refractivity contribution in [2.75, 3.05) is 36.2 Å². The Morgan fingerprint density at radius 3 is 2.39 bits per heavy atom. The van der Waals surface area contributed by atoms with E-state index in [1.54, 1.807) is 6.26 Å². The molecule has 1 aromatic rings. The summed E-state index contributed by atoms with van der Waals surface area (Å²) >= 11 is 0. The fraction of sp³-hybridized carbons (Fsp3) is 0.667. The molecule has 18 heavy (non-hydrogen) atoms. The highest BCUT2D eigenvalue weighted by molar-refractivity contribution is 7.84. The van der Waals surface area contributed by atoms with Crippen LogP contribution in [0.3, 0.4) is 0 Å². The normalized spacial score (nSPS) is 12.6. The summed E-state index contributed by atoms with van der Waals surface area (Å²) in [5, 5.41) is 6.31. The van der Waals surface area contributed by atoms with Crippen molar-refractivity contribution in [3.8, 4) is 0 Å². The Morgan fingerprint density at radius 2 is 1.89 bits per heavy atom. The van der Waals surface area contributed by atoms with E-state index < -0.39 is 10.8 Å². The molecule has 1 rings (SSSR count). The third-order valence-electron chi connectivity index (χ3n) is 2.60. The molecule has 0 amide bonds. The summed E-state index contributed by atoms with van der Waals surface area (Å²) in [7, 11) is 1.06. The van der Waals surface area contributed by atoms with Crippen LogP contribution in [0.5, 0.6) is 0 Å². The predicted molar refractivity (Wildman–Crippen MR) is 77.8 cm³/mol. The Hall–Kier alpha value is -1.17. The second-order valence-corrected chi connectivity index (χ2v) is 6.07. The van der Waals surface area contributed by atoms with E-state index in [-0.39, 0.29) is 5.92 Å². The molecule has 102 valence electrons. The van der Waals surface area contributed by atoms with E-state index in [0.29, 0.717) is 12.3 Å². The predicted octanol–water partition coefficient (Wildman–Crippen LogP) is 1.74. The largest absolute Gasteiger partial charge is 0.373 e. The lowest BCUT2D eigenvalue weighted by molar-refractivity contribution is 0.687. The van der Waals surface area contributed by atoms with Gasteiger partial charge in [0.25, 0.3) is 0 Å². The first kappa shape index (κ1) is 14.9. The van der Waals surface area contributed by atoms with Gasteiger partial charge >= 0.3 is 0 Å². The second-order valence-electron chi connectivity index (χ2n) is 4.51. The quantitative estimate of drug-likeness (QED) is 0.824. The maximum absolute atomic E-state index is 11.0. The van der Waals surface area contributed by atoms with Gasteiger partial charge in [-0.15, -0.1) is 0 Å². The van der Waals surface area contributed by atoms with Gasteiger partial charge in [-0.25, -0.2) is 9.97 Å². The van der Waals surface area contributed by atoms with Crippen molar-refractivity contribution >= 4 is 22.4 Å². The summed E-state index contributed by atoms with van der Waals surface area (Å²) in [6.45, 7) is 6.76. The number of aromatic nitrogens is 2. The maximum Gasteiger partial charge on any atom is 0.135 e. The number of hydrogen-bond acceptors (Lipinski definition) is 5. The molecule has 1 unspecified atom stereocenters. The van der Waals surface area contributed by atoms with E-state index in [0.717, 1.165) is 23.0 Å². The molecule has 6 heteroatoms. The van der Waals surface area contributed by atoms with Gasteiger partial charge in [-0.1, -0.05) is 13.8 Å². The van der Waals surface area contributed by atoms with Gasteiger partial charge in [-0.2, -0.15) is 0 Å². The van der Waals surface area contributed by atoms with E-state index in [2.05, 4.69) is 34.4 Å². The van der Waals surface area contributed by atoms with Gasteiger partial charge in [0.2, 0.25) is 0 Å². The molecule has 0 aromatic carbocycles. The van der Waals surface area contributed by atoms with E-state index >= 15 is 0 Å². The minimum absolute atomic E-state index is 0.276. The topological polar surface area (TPSA) is 66.9 Å². The summed E-state index contributed by atoms with van der Waals surface area (Å²) in [4.78, 5) is 8.99. The smallest absolute Gasteiger partial charge is 0.135 e. The average Bonchev–Trinajstić information content (AvgIpc) is 2.30. The van der Waals surface area contributed by atoms with Gasteiger partial charge in [0.15, 0.2) is 0 Å². The molecular formula is C12H22N4OS. The van der Waals surface area contributed by atoms with Gasteiger partial charge in [0.1, 0.15) is 17.5 Å². The molecule has 5 nitrogen and oxygen atoms in total. The van der Waals surface area contributed by atoms with Crippen LogP contribution in [0.1, 0.15) is 31.2 Å². The van der Waals surface area contributed by atoms with Crippen LogP contribution >= 0.6 is 0 Å². The summed E-state index contributed by atoms with van der Waals surface area (Å²) in [5.74, 6) is 3.37. The number of rotatable bonds is 6. The minimum atomic E-state index is -0.789. The summed E-state index contributed by atoms with van der Waals surface area (Å²) in [6, 6.07) is 0. The average molecular weight is 270 g/mol. The van der Waals surface area contributed by atoms with E-state index in [4.69, 9.17) is 0 Å². The first-order valence-electron chi connectivity index (χ1n) is 6.05. The summed E-state index contributed by atoms with van der Waals surface area (Å²) in [6.07, 6.45) is 1.70. The summed E-state index contributed by atoms with van der Waals surface area (Å²) < 4.78 is 11.0. The maximum atomic E-state index is 11.0. The van der Waals surface area contributed by atoms with Gasteiger partial charge in [0.05, 0.1) is 0 Å². The van der Waals surface area contributed by atoms with Gasteiger partial charge < -0.3 is 10.6 Å². The molecule has 0 aliphatic carbocycles. The van der Waals surface area contributed by atoms with Crippen molar-refractivity contribution in [2.24, 2.45) is 0 Å². The van der Waals surface area contributed by atoms with Crippen LogP contribution in [0.2, 0.25) is 0 Å². The number of nitrogens with one attached hydrogen (secondary N) is 2. The van der Waals surface area contributed by atoms with Crippen molar-refractivity contribution in [1.29, 1.82) is 0 Å².